The lowest BCUT2D eigenvalue weighted by molar-refractivity contribution is -0.141. The molecular weight excluding hydrogens is 344 g/mol. The van der Waals surface area contributed by atoms with Crippen LogP contribution in [0.3, 0.4) is 0 Å². The zero-order valence-corrected chi connectivity index (χ0v) is 14.6. The van der Waals surface area contributed by atoms with Crippen molar-refractivity contribution < 1.29 is 19.1 Å². The number of carbonyl (C=O) groups excluding carboxylic acids is 2. The summed E-state index contributed by atoms with van der Waals surface area (Å²) >= 11 is 0. The number of hydrogen-bond donors (Lipinski definition) is 2. The first-order chi connectivity index (χ1) is 13.0. The fourth-order valence-corrected chi connectivity index (χ4v) is 2.60. The third-order valence-corrected chi connectivity index (χ3v) is 4.04. The Hall–Kier alpha value is -3.22. The molecule has 0 aliphatic carbocycles. The van der Waals surface area contributed by atoms with Crippen LogP contribution in [0.4, 0.5) is 5.69 Å². The highest BCUT2D eigenvalue weighted by Gasteiger charge is 2.22. The van der Waals surface area contributed by atoms with Gasteiger partial charge in [0.15, 0.2) is 0 Å². The van der Waals surface area contributed by atoms with Gasteiger partial charge in [0.2, 0.25) is 0 Å². The number of hydrogen-bond acceptors (Lipinski definition) is 6. The molecule has 0 fully saturated rings. The molecule has 4 N–H and O–H groups in total. The first-order valence-electron chi connectivity index (χ1n) is 8.46. The third kappa shape index (κ3) is 4.69. The number of nitrogen functional groups attached to an aromatic ring is 1. The molecule has 138 valence electrons. The molecule has 3 rings (SSSR count). The maximum atomic E-state index is 12.3. The highest BCUT2D eigenvalue weighted by atomic mass is 16.6. The number of benzene rings is 3. The van der Waals surface area contributed by atoms with E-state index in [2.05, 4.69) is 0 Å². The van der Waals surface area contributed by atoms with Gasteiger partial charge in [0.1, 0.15) is 6.04 Å². The zero-order chi connectivity index (χ0) is 19.2. The Morgan fingerprint density at radius 2 is 1.56 bits per heavy atom. The summed E-state index contributed by atoms with van der Waals surface area (Å²) < 4.78 is 10.3. The minimum atomic E-state index is -1.07. The largest absolute Gasteiger partial charge is 0.398 e. The lowest BCUT2D eigenvalue weighted by Gasteiger charge is -2.12. The van der Waals surface area contributed by atoms with E-state index in [0.29, 0.717) is 6.61 Å². The van der Waals surface area contributed by atoms with E-state index >= 15 is 0 Å². The van der Waals surface area contributed by atoms with E-state index in [0.717, 1.165) is 16.3 Å². The number of carbonyl (C=O) groups is 2. The molecule has 3 aromatic carbocycles. The van der Waals surface area contributed by atoms with Crippen LogP contribution >= 0.6 is 0 Å². The molecule has 6 nitrogen and oxygen atoms in total. The Bertz CT molecular complexity index is 957. The van der Waals surface area contributed by atoms with Crippen molar-refractivity contribution in [3.8, 4) is 0 Å². The standard InChI is InChI=1S/C21H20N2O4/c22-18-11-16-9-5-4-8-15(16)10-17(18)20(24)27-21(25)19(23)13-26-12-14-6-2-1-3-7-14/h1-11,19H,12-13,22-23H2/t19-/m0/s1. The zero-order valence-electron chi connectivity index (χ0n) is 14.6. The monoisotopic (exact) mass is 364 g/mol. The fourth-order valence-electron chi connectivity index (χ4n) is 2.60. The van der Waals surface area contributed by atoms with Crippen LogP contribution in [-0.2, 0) is 20.9 Å². The normalized spacial score (nSPS) is 11.9. The molecule has 6 heteroatoms. The summed E-state index contributed by atoms with van der Waals surface area (Å²) in [6, 6.07) is 19.1. The van der Waals surface area contributed by atoms with Gasteiger partial charge in [0.05, 0.1) is 18.8 Å². The third-order valence-electron chi connectivity index (χ3n) is 4.04. The summed E-state index contributed by atoms with van der Waals surface area (Å²) in [5.74, 6) is -1.69. The molecule has 1 atom stereocenters. The number of anilines is 1. The van der Waals surface area contributed by atoms with Gasteiger partial charge < -0.3 is 20.9 Å². The van der Waals surface area contributed by atoms with Crippen LogP contribution in [-0.4, -0.2) is 24.6 Å². The summed E-state index contributed by atoms with van der Waals surface area (Å²) in [5.41, 5.74) is 13.0. The molecule has 0 saturated heterocycles. The molecule has 3 aromatic rings. The Balaban J connectivity index is 1.58. The van der Waals surface area contributed by atoms with E-state index in [1.807, 2.05) is 54.6 Å². The van der Waals surface area contributed by atoms with Crippen LogP contribution in [0, 0.1) is 0 Å². The molecule has 0 aliphatic rings. The predicted molar refractivity (Wildman–Crippen MR) is 103 cm³/mol. The summed E-state index contributed by atoms with van der Waals surface area (Å²) in [6.07, 6.45) is 0. The first-order valence-corrected chi connectivity index (χ1v) is 8.46. The number of ether oxygens (including phenoxy) is 2. The molecule has 0 amide bonds. The van der Waals surface area contributed by atoms with Crippen LogP contribution in [0.2, 0.25) is 0 Å². The van der Waals surface area contributed by atoms with Gasteiger partial charge in [0.25, 0.3) is 0 Å². The van der Waals surface area contributed by atoms with E-state index in [4.69, 9.17) is 20.9 Å². The summed E-state index contributed by atoms with van der Waals surface area (Å²) in [6.45, 7) is 0.252. The lowest BCUT2D eigenvalue weighted by Crippen LogP contribution is -2.38. The molecule has 0 heterocycles. The minimum absolute atomic E-state index is 0.0613. The molecule has 0 aliphatic heterocycles. The van der Waals surface area contributed by atoms with Crippen molar-refractivity contribution in [2.75, 3.05) is 12.3 Å². The molecular formula is C21H20N2O4. The van der Waals surface area contributed by atoms with Gasteiger partial charge in [-0.3, -0.25) is 0 Å². The SMILES string of the molecule is Nc1cc2ccccc2cc1C(=O)OC(=O)[C@@H](N)COCc1ccccc1. The van der Waals surface area contributed by atoms with E-state index in [1.54, 1.807) is 12.1 Å². The Morgan fingerprint density at radius 3 is 2.26 bits per heavy atom. The summed E-state index contributed by atoms with van der Waals surface area (Å²) in [7, 11) is 0. The van der Waals surface area contributed by atoms with Gasteiger partial charge in [-0.15, -0.1) is 0 Å². The van der Waals surface area contributed by atoms with Crippen molar-refractivity contribution in [2.45, 2.75) is 12.6 Å². The van der Waals surface area contributed by atoms with Crippen LogP contribution in [0.25, 0.3) is 10.8 Å². The van der Waals surface area contributed by atoms with E-state index < -0.39 is 18.0 Å². The molecule has 0 spiro atoms. The second-order valence-corrected chi connectivity index (χ2v) is 6.10. The van der Waals surface area contributed by atoms with E-state index in [1.165, 1.54) is 0 Å². The number of rotatable bonds is 6. The molecule has 0 aromatic heterocycles. The second kappa shape index (κ2) is 8.44. The number of esters is 2. The maximum Gasteiger partial charge on any atom is 0.347 e. The van der Waals surface area contributed by atoms with Gasteiger partial charge >= 0.3 is 11.9 Å². The highest BCUT2D eigenvalue weighted by molar-refractivity contribution is 6.05. The molecule has 0 radical (unpaired) electrons. The van der Waals surface area contributed by atoms with Crippen LogP contribution in [0.1, 0.15) is 15.9 Å². The minimum Gasteiger partial charge on any atom is -0.398 e. The Morgan fingerprint density at radius 1 is 0.926 bits per heavy atom. The Kier molecular flexibility index (Phi) is 5.80. The highest BCUT2D eigenvalue weighted by Crippen LogP contribution is 2.22. The van der Waals surface area contributed by atoms with Crippen LogP contribution in [0.15, 0.2) is 66.7 Å². The van der Waals surface area contributed by atoms with E-state index in [-0.39, 0.29) is 17.9 Å². The molecule has 0 bridgehead atoms. The Labute approximate surface area is 156 Å². The number of nitrogens with two attached hydrogens (primary N) is 2. The average molecular weight is 364 g/mol. The van der Waals surface area contributed by atoms with Crippen molar-refractivity contribution >= 4 is 28.4 Å². The quantitative estimate of drug-likeness (QED) is 0.396. The van der Waals surface area contributed by atoms with Crippen LogP contribution < -0.4 is 11.5 Å². The van der Waals surface area contributed by atoms with Crippen molar-refractivity contribution in [1.29, 1.82) is 0 Å². The van der Waals surface area contributed by atoms with Crippen molar-refractivity contribution in [3.05, 3.63) is 77.9 Å². The van der Waals surface area contributed by atoms with Crippen molar-refractivity contribution in [1.82, 2.24) is 0 Å². The first kappa shape index (κ1) is 18.6. The molecule has 0 saturated carbocycles. The fraction of sp³-hybridized carbons (Fsp3) is 0.143. The van der Waals surface area contributed by atoms with Crippen molar-refractivity contribution in [3.63, 3.8) is 0 Å². The molecule has 27 heavy (non-hydrogen) atoms. The summed E-state index contributed by atoms with van der Waals surface area (Å²) in [4.78, 5) is 24.4. The lowest BCUT2D eigenvalue weighted by atomic mass is 10.1. The summed E-state index contributed by atoms with van der Waals surface area (Å²) in [5, 5.41) is 1.71. The van der Waals surface area contributed by atoms with Gasteiger partial charge in [-0.05, 0) is 28.5 Å². The van der Waals surface area contributed by atoms with Gasteiger partial charge in [-0.25, -0.2) is 9.59 Å². The van der Waals surface area contributed by atoms with Crippen molar-refractivity contribution in [2.24, 2.45) is 5.73 Å². The predicted octanol–water partition coefficient (Wildman–Crippen LogP) is 2.65. The van der Waals surface area contributed by atoms with E-state index in [9.17, 15) is 9.59 Å². The van der Waals surface area contributed by atoms with Crippen LogP contribution in [0.5, 0.6) is 0 Å². The second-order valence-electron chi connectivity index (χ2n) is 6.10. The smallest absolute Gasteiger partial charge is 0.347 e. The topological polar surface area (TPSA) is 105 Å². The average Bonchev–Trinajstić information content (AvgIpc) is 2.68. The van der Waals surface area contributed by atoms with Gasteiger partial charge in [0, 0.05) is 5.69 Å². The maximum absolute atomic E-state index is 12.3. The van der Waals surface area contributed by atoms with Gasteiger partial charge in [-0.2, -0.15) is 0 Å². The molecule has 0 unspecified atom stereocenters. The number of fused-ring (bicyclic) bond motifs is 1. The van der Waals surface area contributed by atoms with Gasteiger partial charge in [-0.1, -0.05) is 54.6 Å².